The van der Waals surface area contributed by atoms with Gasteiger partial charge in [0.15, 0.2) is 0 Å². The molecule has 1 amide bonds. The first-order valence-corrected chi connectivity index (χ1v) is 9.36. The summed E-state index contributed by atoms with van der Waals surface area (Å²) >= 11 is 0. The van der Waals surface area contributed by atoms with Gasteiger partial charge in [0.1, 0.15) is 11.5 Å². The Morgan fingerprint density at radius 3 is 2.81 bits per heavy atom. The zero-order valence-corrected chi connectivity index (χ0v) is 15.4. The van der Waals surface area contributed by atoms with Gasteiger partial charge in [0, 0.05) is 18.4 Å². The molecule has 2 N–H and O–H groups in total. The number of aryl methyl sites for hydroxylation is 1. The first-order chi connectivity index (χ1) is 13.2. The fourth-order valence-corrected chi connectivity index (χ4v) is 3.60. The minimum atomic E-state index is 0.00194. The second-order valence-corrected chi connectivity index (χ2v) is 7.12. The summed E-state index contributed by atoms with van der Waals surface area (Å²) < 4.78 is 5.67. The van der Waals surface area contributed by atoms with Gasteiger partial charge < -0.3 is 9.73 Å². The van der Waals surface area contributed by atoms with Crippen molar-refractivity contribution in [1.29, 1.82) is 0 Å². The Morgan fingerprint density at radius 2 is 2.11 bits per heavy atom. The third-order valence-electron chi connectivity index (χ3n) is 5.02. The number of anilines is 1. The Bertz CT molecular complexity index is 883. The van der Waals surface area contributed by atoms with Gasteiger partial charge in [-0.1, -0.05) is 12.1 Å². The first-order valence-electron chi connectivity index (χ1n) is 9.36. The predicted molar refractivity (Wildman–Crippen MR) is 104 cm³/mol. The van der Waals surface area contributed by atoms with Crippen LogP contribution in [0.2, 0.25) is 0 Å². The number of carbonyl (C=O) groups excluding carboxylic acids is 1. The minimum absolute atomic E-state index is 0.00194. The van der Waals surface area contributed by atoms with Crippen molar-refractivity contribution >= 4 is 11.6 Å². The van der Waals surface area contributed by atoms with Gasteiger partial charge in [0.2, 0.25) is 5.91 Å². The maximum absolute atomic E-state index is 12.7. The lowest BCUT2D eigenvalue weighted by atomic mass is 9.97. The van der Waals surface area contributed by atoms with E-state index in [1.165, 1.54) is 0 Å². The van der Waals surface area contributed by atoms with Crippen molar-refractivity contribution < 1.29 is 9.21 Å². The highest BCUT2D eigenvalue weighted by Crippen LogP contribution is 2.23. The molecular weight excluding hydrogens is 340 g/mol. The van der Waals surface area contributed by atoms with Gasteiger partial charge in [-0.05, 0) is 62.2 Å². The summed E-state index contributed by atoms with van der Waals surface area (Å²) in [6.45, 7) is 4.48. The number of carbonyl (C=O) groups is 1. The molecule has 0 saturated carbocycles. The molecule has 0 radical (unpaired) electrons. The summed E-state index contributed by atoms with van der Waals surface area (Å²) in [5.41, 5.74) is 2.83. The Morgan fingerprint density at radius 1 is 1.26 bits per heavy atom. The van der Waals surface area contributed by atoms with Crippen LogP contribution in [0.15, 0.2) is 53.1 Å². The third kappa shape index (κ3) is 4.28. The van der Waals surface area contributed by atoms with E-state index < -0.39 is 0 Å². The number of aromatic nitrogens is 2. The molecule has 0 spiro atoms. The maximum atomic E-state index is 12.7. The number of furan rings is 1. The van der Waals surface area contributed by atoms with Gasteiger partial charge in [-0.15, -0.1) is 0 Å². The Labute approximate surface area is 158 Å². The average molecular weight is 364 g/mol. The van der Waals surface area contributed by atoms with Gasteiger partial charge in [-0.25, -0.2) is 0 Å². The van der Waals surface area contributed by atoms with E-state index in [-0.39, 0.29) is 11.8 Å². The molecule has 140 valence electrons. The van der Waals surface area contributed by atoms with Crippen LogP contribution in [0.4, 0.5) is 5.69 Å². The normalized spacial score (nSPS) is 17.7. The molecule has 4 rings (SSSR count). The van der Waals surface area contributed by atoms with Crippen molar-refractivity contribution in [1.82, 2.24) is 15.1 Å². The second kappa shape index (κ2) is 7.80. The van der Waals surface area contributed by atoms with Crippen LogP contribution in [-0.2, 0) is 11.3 Å². The molecule has 6 nitrogen and oxygen atoms in total. The third-order valence-corrected chi connectivity index (χ3v) is 5.02. The SMILES string of the molecule is Cc1ccc(CN2CCCC(C(=O)Nc3ccc(-c4ccn[nH]4)cc3)C2)o1. The Hall–Kier alpha value is -2.86. The molecule has 1 unspecified atom stereocenters. The maximum Gasteiger partial charge on any atom is 0.228 e. The summed E-state index contributed by atoms with van der Waals surface area (Å²) in [7, 11) is 0. The van der Waals surface area contributed by atoms with Crippen LogP contribution in [0, 0.1) is 12.8 Å². The number of likely N-dealkylation sites (tertiary alicyclic amines) is 1. The van der Waals surface area contributed by atoms with Crippen molar-refractivity contribution in [3.05, 3.63) is 60.2 Å². The summed E-state index contributed by atoms with van der Waals surface area (Å²) in [6.07, 6.45) is 3.67. The largest absolute Gasteiger partial charge is 0.465 e. The van der Waals surface area contributed by atoms with Crippen molar-refractivity contribution in [3.63, 3.8) is 0 Å². The lowest BCUT2D eigenvalue weighted by Crippen LogP contribution is -2.40. The van der Waals surface area contributed by atoms with E-state index in [0.29, 0.717) is 0 Å². The summed E-state index contributed by atoms with van der Waals surface area (Å²) in [5, 5.41) is 9.96. The van der Waals surface area contributed by atoms with Crippen molar-refractivity contribution in [2.45, 2.75) is 26.3 Å². The Balaban J connectivity index is 1.34. The summed E-state index contributed by atoms with van der Waals surface area (Å²) in [5.74, 6) is 1.98. The quantitative estimate of drug-likeness (QED) is 0.722. The van der Waals surface area contributed by atoms with Crippen LogP contribution < -0.4 is 5.32 Å². The number of hydrogen-bond donors (Lipinski definition) is 2. The van der Waals surface area contributed by atoms with Gasteiger partial charge in [-0.2, -0.15) is 5.10 Å². The van der Waals surface area contributed by atoms with Crippen LogP contribution in [0.25, 0.3) is 11.3 Å². The van der Waals surface area contributed by atoms with E-state index in [0.717, 1.165) is 60.9 Å². The predicted octanol–water partition coefficient (Wildman–Crippen LogP) is 3.83. The molecule has 1 saturated heterocycles. The van der Waals surface area contributed by atoms with E-state index in [1.54, 1.807) is 6.20 Å². The molecule has 3 aromatic rings. The fraction of sp³-hybridized carbons (Fsp3) is 0.333. The van der Waals surface area contributed by atoms with Gasteiger partial charge >= 0.3 is 0 Å². The zero-order chi connectivity index (χ0) is 18.6. The zero-order valence-electron chi connectivity index (χ0n) is 15.4. The molecule has 1 atom stereocenters. The van der Waals surface area contributed by atoms with Gasteiger partial charge in [-0.3, -0.25) is 14.8 Å². The van der Waals surface area contributed by atoms with Crippen LogP contribution in [0.1, 0.15) is 24.4 Å². The highest BCUT2D eigenvalue weighted by molar-refractivity contribution is 5.93. The molecule has 1 aliphatic heterocycles. The summed E-state index contributed by atoms with van der Waals surface area (Å²) in [4.78, 5) is 15.0. The van der Waals surface area contributed by atoms with Crippen LogP contribution in [-0.4, -0.2) is 34.1 Å². The number of nitrogens with zero attached hydrogens (tertiary/aromatic N) is 2. The van der Waals surface area contributed by atoms with E-state index in [9.17, 15) is 4.79 Å². The van der Waals surface area contributed by atoms with E-state index in [4.69, 9.17) is 4.42 Å². The smallest absolute Gasteiger partial charge is 0.228 e. The monoisotopic (exact) mass is 364 g/mol. The number of hydrogen-bond acceptors (Lipinski definition) is 4. The van der Waals surface area contributed by atoms with Crippen LogP contribution in [0.5, 0.6) is 0 Å². The molecule has 27 heavy (non-hydrogen) atoms. The van der Waals surface area contributed by atoms with Crippen LogP contribution >= 0.6 is 0 Å². The molecule has 2 aromatic heterocycles. The minimum Gasteiger partial charge on any atom is -0.465 e. The van der Waals surface area contributed by atoms with Crippen molar-refractivity contribution in [2.75, 3.05) is 18.4 Å². The molecule has 1 aliphatic rings. The lowest BCUT2D eigenvalue weighted by molar-refractivity contribution is -0.121. The van der Waals surface area contributed by atoms with E-state index in [1.807, 2.05) is 49.4 Å². The lowest BCUT2D eigenvalue weighted by Gasteiger charge is -2.31. The van der Waals surface area contributed by atoms with Gasteiger partial charge in [0.05, 0.1) is 18.2 Å². The van der Waals surface area contributed by atoms with E-state index in [2.05, 4.69) is 20.4 Å². The second-order valence-electron chi connectivity index (χ2n) is 7.12. The highest BCUT2D eigenvalue weighted by atomic mass is 16.3. The number of aromatic amines is 1. The van der Waals surface area contributed by atoms with Crippen LogP contribution in [0.3, 0.4) is 0 Å². The molecule has 1 aromatic carbocycles. The first kappa shape index (κ1) is 17.5. The summed E-state index contributed by atoms with van der Waals surface area (Å²) in [6, 6.07) is 13.7. The molecule has 0 bridgehead atoms. The van der Waals surface area contributed by atoms with Crippen molar-refractivity contribution in [3.8, 4) is 11.3 Å². The topological polar surface area (TPSA) is 74.2 Å². The number of rotatable bonds is 5. The number of benzene rings is 1. The standard InChI is InChI=1S/C21H24N4O2/c1-15-4-9-19(27-15)14-25-12-2-3-17(13-25)21(26)23-18-7-5-16(6-8-18)20-10-11-22-24-20/h4-11,17H,2-3,12-14H2,1H3,(H,22,24)(H,23,26). The number of nitrogens with one attached hydrogen (secondary N) is 2. The average Bonchev–Trinajstić information content (AvgIpc) is 3.35. The van der Waals surface area contributed by atoms with E-state index >= 15 is 0 Å². The molecule has 6 heteroatoms. The number of H-pyrrole nitrogens is 1. The Kier molecular flexibility index (Phi) is 5.07. The molecule has 3 heterocycles. The molecule has 0 aliphatic carbocycles. The highest BCUT2D eigenvalue weighted by Gasteiger charge is 2.26. The van der Waals surface area contributed by atoms with Crippen molar-refractivity contribution in [2.24, 2.45) is 5.92 Å². The number of piperidine rings is 1. The van der Waals surface area contributed by atoms with Gasteiger partial charge in [0.25, 0.3) is 0 Å². The fourth-order valence-electron chi connectivity index (χ4n) is 3.60. The molecular formula is C21H24N4O2. The number of amides is 1. The molecule has 1 fully saturated rings.